The van der Waals surface area contributed by atoms with Gasteiger partial charge in [0.2, 0.25) is 0 Å². The number of H-pyrrole nitrogens is 1. The van der Waals surface area contributed by atoms with E-state index in [9.17, 15) is 22.8 Å². The van der Waals surface area contributed by atoms with Crippen LogP contribution in [0, 0.1) is 5.92 Å². The highest BCUT2D eigenvalue weighted by Gasteiger charge is 2.33. The van der Waals surface area contributed by atoms with Crippen molar-refractivity contribution >= 4 is 33.3 Å². The van der Waals surface area contributed by atoms with Crippen molar-refractivity contribution in [1.82, 2.24) is 24.3 Å². The van der Waals surface area contributed by atoms with Gasteiger partial charge in [-0.05, 0) is 29.3 Å². The monoisotopic (exact) mass is 495 g/mol. The molecule has 0 radical (unpaired) electrons. The van der Waals surface area contributed by atoms with Crippen molar-refractivity contribution in [1.29, 1.82) is 0 Å². The van der Waals surface area contributed by atoms with Gasteiger partial charge in [-0.15, -0.1) is 11.3 Å². The van der Waals surface area contributed by atoms with Crippen LogP contribution < -0.4 is 11.2 Å². The van der Waals surface area contributed by atoms with Gasteiger partial charge in [0.05, 0.1) is 10.9 Å². The molecule has 0 bridgehead atoms. The van der Waals surface area contributed by atoms with E-state index < -0.39 is 23.0 Å². The molecular formula is C21H20F3N5O2S2. The topological polar surface area (TPSA) is 85.6 Å². The number of thiophene rings is 1. The molecular weight excluding hydrogens is 475 g/mol. The van der Waals surface area contributed by atoms with Gasteiger partial charge in [-0.25, -0.2) is 9.78 Å². The highest BCUT2D eigenvalue weighted by molar-refractivity contribution is 7.99. The summed E-state index contributed by atoms with van der Waals surface area (Å²) in [5, 5.41) is 7.21. The van der Waals surface area contributed by atoms with Gasteiger partial charge in [-0.2, -0.15) is 18.3 Å². The number of hydrogen-bond acceptors (Lipinski definition) is 6. The van der Waals surface area contributed by atoms with Crippen LogP contribution in [0.5, 0.6) is 0 Å². The molecule has 3 heterocycles. The van der Waals surface area contributed by atoms with E-state index in [1.54, 1.807) is 6.07 Å². The number of nitrogens with one attached hydrogen (secondary N) is 1. The molecule has 0 amide bonds. The van der Waals surface area contributed by atoms with Crippen molar-refractivity contribution in [3.63, 3.8) is 0 Å². The van der Waals surface area contributed by atoms with Crippen molar-refractivity contribution in [3.05, 3.63) is 67.4 Å². The molecule has 0 aliphatic rings. The summed E-state index contributed by atoms with van der Waals surface area (Å²) >= 11 is 2.28. The molecule has 0 aliphatic carbocycles. The molecule has 7 nitrogen and oxygen atoms in total. The second kappa shape index (κ2) is 8.82. The normalized spacial score (nSPS) is 12.2. The van der Waals surface area contributed by atoms with Crippen LogP contribution in [0.15, 0.2) is 50.2 Å². The maximum Gasteiger partial charge on any atom is 0.416 e. The van der Waals surface area contributed by atoms with Gasteiger partial charge in [0.1, 0.15) is 11.2 Å². The number of halogens is 3. The van der Waals surface area contributed by atoms with Gasteiger partial charge in [-0.3, -0.25) is 19.0 Å². The number of aromatic amines is 1. The third kappa shape index (κ3) is 4.49. The van der Waals surface area contributed by atoms with Gasteiger partial charge < -0.3 is 0 Å². The smallest absolute Gasteiger partial charge is 0.284 e. The van der Waals surface area contributed by atoms with E-state index in [1.165, 1.54) is 30.1 Å². The average Bonchev–Trinajstić information content (AvgIpc) is 3.38. The highest BCUT2D eigenvalue weighted by atomic mass is 32.2. The third-order valence-electron chi connectivity index (χ3n) is 5.01. The maximum atomic E-state index is 13.6. The van der Waals surface area contributed by atoms with Crippen molar-refractivity contribution in [2.75, 3.05) is 0 Å². The Hall–Kier alpha value is -2.86. The number of benzene rings is 1. The number of hydrogen-bond donors (Lipinski definition) is 1. The minimum absolute atomic E-state index is 0.0511. The predicted octanol–water partition coefficient (Wildman–Crippen LogP) is 4.30. The molecule has 1 aromatic carbocycles. The number of rotatable bonds is 6. The van der Waals surface area contributed by atoms with E-state index >= 15 is 0 Å². The standard InChI is InChI=1S/C21H20F3N5O2S2/c1-11(2)9-29-18-15(17(30)28(3)20(29)31)16(33-19-25-10-26-27-19)14(32-18)8-12-6-4-5-7-13(12)21(22,23)24/h4-7,10-11H,8-9H2,1-3H3,(H,25,26,27). The lowest BCUT2D eigenvalue weighted by Gasteiger charge is -2.12. The van der Waals surface area contributed by atoms with Gasteiger partial charge in [0.25, 0.3) is 5.56 Å². The van der Waals surface area contributed by atoms with E-state index in [0.29, 0.717) is 31.7 Å². The Labute approximate surface area is 194 Å². The van der Waals surface area contributed by atoms with Gasteiger partial charge in [-0.1, -0.05) is 32.0 Å². The van der Waals surface area contributed by atoms with Crippen molar-refractivity contribution in [2.45, 2.75) is 43.0 Å². The lowest BCUT2D eigenvalue weighted by molar-refractivity contribution is -0.138. The molecule has 4 aromatic rings. The molecule has 1 N–H and O–H groups in total. The number of nitrogens with zero attached hydrogens (tertiary/aromatic N) is 4. The van der Waals surface area contributed by atoms with Crippen LogP contribution in [0.2, 0.25) is 0 Å². The third-order valence-corrected chi connectivity index (χ3v) is 7.40. The second-order valence-electron chi connectivity index (χ2n) is 7.91. The van der Waals surface area contributed by atoms with Crippen molar-refractivity contribution < 1.29 is 13.2 Å². The lowest BCUT2D eigenvalue weighted by atomic mass is 10.0. The fraction of sp³-hybridized carbons (Fsp3) is 0.333. The van der Waals surface area contributed by atoms with Crippen LogP contribution in [0.3, 0.4) is 0 Å². The zero-order chi connectivity index (χ0) is 23.9. The summed E-state index contributed by atoms with van der Waals surface area (Å²) in [6.07, 6.45) is -3.26. The lowest BCUT2D eigenvalue weighted by Crippen LogP contribution is -2.38. The molecule has 0 saturated carbocycles. The van der Waals surface area contributed by atoms with Crippen molar-refractivity contribution in [3.8, 4) is 0 Å². The highest BCUT2D eigenvalue weighted by Crippen LogP contribution is 2.41. The van der Waals surface area contributed by atoms with Crippen molar-refractivity contribution in [2.24, 2.45) is 13.0 Å². The van der Waals surface area contributed by atoms with E-state index in [4.69, 9.17) is 0 Å². The molecule has 0 spiro atoms. The Morgan fingerprint density at radius 2 is 1.94 bits per heavy atom. The Kier molecular flexibility index (Phi) is 6.23. The zero-order valence-corrected chi connectivity index (χ0v) is 19.6. The molecule has 0 saturated heterocycles. The molecule has 0 fully saturated rings. The summed E-state index contributed by atoms with van der Waals surface area (Å²) in [4.78, 5) is 31.6. The molecule has 0 aliphatic heterocycles. The average molecular weight is 496 g/mol. The van der Waals surface area contributed by atoms with E-state index in [1.807, 2.05) is 13.8 Å². The first-order valence-corrected chi connectivity index (χ1v) is 11.6. The van der Waals surface area contributed by atoms with E-state index in [0.717, 1.165) is 33.7 Å². The van der Waals surface area contributed by atoms with Gasteiger partial charge in [0.15, 0.2) is 5.16 Å². The molecule has 0 atom stereocenters. The summed E-state index contributed by atoms with van der Waals surface area (Å²) in [5.74, 6) is 0.116. The van der Waals surface area contributed by atoms with Gasteiger partial charge >= 0.3 is 11.9 Å². The molecule has 4 rings (SSSR count). The Bertz CT molecular complexity index is 1420. The molecule has 3 aromatic heterocycles. The van der Waals surface area contributed by atoms with Gasteiger partial charge in [0, 0.05) is 29.8 Å². The number of aromatic nitrogens is 5. The zero-order valence-electron chi connectivity index (χ0n) is 17.9. The van der Waals surface area contributed by atoms with E-state index in [2.05, 4.69) is 15.2 Å². The van der Waals surface area contributed by atoms with Crippen LogP contribution in [0.1, 0.15) is 29.9 Å². The minimum atomic E-state index is -4.51. The summed E-state index contributed by atoms with van der Waals surface area (Å²) < 4.78 is 43.4. The second-order valence-corrected chi connectivity index (χ2v) is 9.99. The fourth-order valence-electron chi connectivity index (χ4n) is 3.57. The van der Waals surface area contributed by atoms with Crippen LogP contribution in [-0.2, 0) is 26.2 Å². The molecule has 174 valence electrons. The number of fused-ring (bicyclic) bond motifs is 1. The minimum Gasteiger partial charge on any atom is -0.284 e. The SMILES string of the molecule is CC(C)Cn1c(=O)n(C)c(=O)c2c(Sc3ncn[nH]3)c(Cc3ccccc3C(F)(F)F)sc21. The Balaban J connectivity index is 1.99. The first-order chi connectivity index (χ1) is 15.6. The Morgan fingerprint density at radius 1 is 1.21 bits per heavy atom. The fourth-order valence-corrected chi connectivity index (χ4v) is 5.95. The largest absolute Gasteiger partial charge is 0.416 e. The summed E-state index contributed by atoms with van der Waals surface area (Å²) in [6.45, 7) is 4.26. The first-order valence-electron chi connectivity index (χ1n) is 10.0. The number of alkyl halides is 3. The Morgan fingerprint density at radius 3 is 2.58 bits per heavy atom. The van der Waals surface area contributed by atoms with Crippen LogP contribution in [0.25, 0.3) is 10.2 Å². The molecule has 12 heteroatoms. The first kappa shape index (κ1) is 23.3. The predicted molar refractivity (Wildman–Crippen MR) is 121 cm³/mol. The summed E-state index contributed by atoms with van der Waals surface area (Å²) in [5.41, 5.74) is -1.60. The van der Waals surface area contributed by atoms with Crippen LogP contribution in [0.4, 0.5) is 13.2 Å². The summed E-state index contributed by atoms with van der Waals surface area (Å²) in [7, 11) is 1.40. The van der Waals surface area contributed by atoms with E-state index in [-0.39, 0.29) is 17.9 Å². The summed E-state index contributed by atoms with van der Waals surface area (Å²) in [6, 6.07) is 5.36. The quantitative estimate of drug-likeness (QED) is 0.431. The maximum absolute atomic E-state index is 13.6. The molecule has 33 heavy (non-hydrogen) atoms. The van der Waals surface area contributed by atoms with Crippen LogP contribution in [-0.4, -0.2) is 24.3 Å². The van der Waals surface area contributed by atoms with Crippen LogP contribution >= 0.6 is 23.1 Å². The molecule has 0 unspecified atom stereocenters.